The van der Waals surface area contributed by atoms with Gasteiger partial charge in [-0.15, -0.1) is 0 Å². The lowest BCUT2D eigenvalue weighted by molar-refractivity contribution is -0.137. The number of aryl methyl sites for hydroxylation is 1. The molecule has 0 aromatic heterocycles. The van der Waals surface area contributed by atoms with Gasteiger partial charge in [0.15, 0.2) is 0 Å². The summed E-state index contributed by atoms with van der Waals surface area (Å²) in [5.41, 5.74) is 0.144. The molecule has 18 heavy (non-hydrogen) atoms. The summed E-state index contributed by atoms with van der Waals surface area (Å²) in [7, 11) is 0. The van der Waals surface area contributed by atoms with Crippen molar-refractivity contribution < 1.29 is 17.9 Å². The second kappa shape index (κ2) is 5.71. The SMILES string of the molecule is FC(F)(F)c1cccc(CCC2COCCN2)c1. The first-order valence-electron chi connectivity index (χ1n) is 6.03. The molecule has 0 saturated carbocycles. The molecule has 1 aliphatic heterocycles. The van der Waals surface area contributed by atoms with Gasteiger partial charge in [-0.2, -0.15) is 13.2 Å². The van der Waals surface area contributed by atoms with Crippen molar-refractivity contribution in [2.75, 3.05) is 19.8 Å². The molecular weight excluding hydrogens is 243 g/mol. The Morgan fingerprint density at radius 2 is 2.17 bits per heavy atom. The van der Waals surface area contributed by atoms with Crippen LogP contribution in [0.4, 0.5) is 13.2 Å². The highest BCUT2D eigenvalue weighted by Gasteiger charge is 2.30. The Balaban J connectivity index is 1.92. The first-order valence-corrected chi connectivity index (χ1v) is 6.03. The average Bonchev–Trinajstić information content (AvgIpc) is 2.37. The fraction of sp³-hybridized carbons (Fsp3) is 0.538. The van der Waals surface area contributed by atoms with Crippen molar-refractivity contribution in [2.45, 2.75) is 25.1 Å². The molecule has 0 spiro atoms. The highest BCUT2D eigenvalue weighted by molar-refractivity contribution is 5.25. The third kappa shape index (κ3) is 3.71. The number of ether oxygens (including phenoxy) is 1. The Labute approximate surface area is 104 Å². The highest BCUT2D eigenvalue weighted by Crippen LogP contribution is 2.29. The molecule has 1 fully saturated rings. The normalized spacial score (nSPS) is 20.9. The van der Waals surface area contributed by atoms with E-state index in [2.05, 4.69) is 5.32 Å². The summed E-state index contributed by atoms with van der Waals surface area (Å²) in [6.45, 7) is 2.16. The molecule has 1 atom stereocenters. The molecule has 1 aromatic rings. The maximum Gasteiger partial charge on any atom is 0.416 e. The molecule has 2 nitrogen and oxygen atoms in total. The predicted octanol–water partition coefficient (Wildman–Crippen LogP) is 2.63. The number of benzene rings is 1. The molecule has 100 valence electrons. The van der Waals surface area contributed by atoms with E-state index in [-0.39, 0.29) is 6.04 Å². The summed E-state index contributed by atoms with van der Waals surface area (Å²) in [6.07, 6.45) is -2.84. The van der Waals surface area contributed by atoms with Crippen LogP contribution in [0.2, 0.25) is 0 Å². The number of hydrogen-bond donors (Lipinski definition) is 1. The van der Waals surface area contributed by atoms with Crippen molar-refractivity contribution >= 4 is 0 Å². The zero-order valence-corrected chi connectivity index (χ0v) is 9.96. The molecular formula is C13H16F3NO. The fourth-order valence-corrected chi connectivity index (χ4v) is 2.05. The molecule has 0 bridgehead atoms. The molecule has 0 aliphatic carbocycles. The van der Waals surface area contributed by atoms with E-state index in [1.807, 2.05) is 0 Å². The minimum Gasteiger partial charge on any atom is -0.379 e. The standard InChI is InChI=1S/C13H16F3NO/c14-13(15,16)11-3-1-2-10(8-11)4-5-12-9-18-7-6-17-12/h1-3,8,12,17H,4-7,9H2. The summed E-state index contributed by atoms with van der Waals surface area (Å²) >= 11 is 0. The van der Waals surface area contributed by atoms with E-state index >= 15 is 0 Å². The Bertz CT molecular complexity index is 386. The van der Waals surface area contributed by atoms with Crippen molar-refractivity contribution in [3.8, 4) is 0 Å². The average molecular weight is 259 g/mol. The van der Waals surface area contributed by atoms with E-state index < -0.39 is 11.7 Å². The van der Waals surface area contributed by atoms with Gasteiger partial charge >= 0.3 is 6.18 Å². The monoisotopic (exact) mass is 259 g/mol. The second-order valence-corrected chi connectivity index (χ2v) is 4.46. The lowest BCUT2D eigenvalue weighted by atomic mass is 10.0. The lowest BCUT2D eigenvalue weighted by Crippen LogP contribution is -2.41. The number of morpholine rings is 1. The van der Waals surface area contributed by atoms with E-state index in [1.165, 1.54) is 12.1 Å². The van der Waals surface area contributed by atoms with Gasteiger partial charge in [-0.3, -0.25) is 0 Å². The van der Waals surface area contributed by atoms with Crippen LogP contribution in [0.3, 0.4) is 0 Å². The predicted molar refractivity (Wildman–Crippen MR) is 62.4 cm³/mol. The van der Waals surface area contributed by atoms with Gasteiger partial charge < -0.3 is 10.1 Å². The van der Waals surface area contributed by atoms with Crippen LogP contribution in [0.1, 0.15) is 17.5 Å². The molecule has 2 rings (SSSR count). The number of rotatable bonds is 3. The fourth-order valence-electron chi connectivity index (χ4n) is 2.05. The molecule has 1 aliphatic rings. The van der Waals surface area contributed by atoms with Crippen molar-refractivity contribution in [1.29, 1.82) is 0 Å². The maximum atomic E-state index is 12.5. The highest BCUT2D eigenvalue weighted by atomic mass is 19.4. The first kappa shape index (κ1) is 13.4. The van der Waals surface area contributed by atoms with Crippen molar-refractivity contribution in [2.24, 2.45) is 0 Å². The quantitative estimate of drug-likeness (QED) is 0.901. The third-order valence-electron chi connectivity index (χ3n) is 3.03. The van der Waals surface area contributed by atoms with Crippen LogP contribution in [-0.4, -0.2) is 25.8 Å². The van der Waals surface area contributed by atoms with Crippen molar-refractivity contribution in [3.63, 3.8) is 0 Å². The number of nitrogens with one attached hydrogen (secondary N) is 1. The van der Waals surface area contributed by atoms with Crippen LogP contribution in [-0.2, 0) is 17.3 Å². The minimum absolute atomic E-state index is 0.244. The molecule has 5 heteroatoms. The van der Waals surface area contributed by atoms with Crippen LogP contribution < -0.4 is 5.32 Å². The van der Waals surface area contributed by atoms with E-state index in [1.54, 1.807) is 6.07 Å². The van der Waals surface area contributed by atoms with Gasteiger partial charge in [0, 0.05) is 12.6 Å². The molecule has 1 unspecified atom stereocenters. The van der Waals surface area contributed by atoms with Gasteiger partial charge in [-0.25, -0.2) is 0 Å². The third-order valence-corrected chi connectivity index (χ3v) is 3.03. The van der Waals surface area contributed by atoms with Gasteiger partial charge in [0.25, 0.3) is 0 Å². The lowest BCUT2D eigenvalue weighted by Gasteiger charge is -2.23. The summed E-state index contributed by atoms with van der Waals surface area (Å²) in [5, 5.41) is 3.29. The van der Waals surface area contributed by atoms with Crippen molar-refractivity contribution in [1.82, 2.24) is 5.32 Å². The van der Waals surface area contributed by atoms with Gasteiger partial charge in [-0.05, 0) is 24.5 Å². The van der Waals surface area contributed by atoms with Crippen LogP contribution in [0.15, 0.2) is 24.3 Å². The zero-order valence-electron chi connectivity index (χ0n) is 9.96. The van der Waals surface area contributed by atoms with Gasteiger partial charge in [0.2, 0.25) is 0 Å². The van der Waals surface area contributed by atoms with E-state index in [0.717, 1.165) is 24.6 Å². The summed E-state index contributed by atoms with van der Waals surface area (Å²) in [5.74, 6) is 0. The van der Waals surface area contributed by atoms with Crippen molar-refractivity contribution in [3.05, 3.63) is 35.4 Å². The van der Waals surface area contributed by atoms with Gasteiger partial charge in [0.1, 0.15) is 0 Å². The molecule has 1 N–H and O–H groups in total. The largest absolute Gasteiger partial charge is 0.416 e. The minimum atomic E-state index is -4.26. The summed E-state index contributed by atoms with van der Waals surface area (Å²) in [6, 6.07) is 5.77. The smallest absolute Gasteiger partial charge is 0.379 e. The molecule has 1 heterocycles. The molecule has 0 amide bonds. The van der Waals surface area contributed by atoms with Crippen LogP contribution in [0.5, 0.6) is 0 Å². The topological polar surface area (TPSA) is 21.3 Å². The Hall–Kier alpha value is -1.07. The number of alkyl halides is 3. The van der Waals surface area contributed by atoms with Gasteiger partial charge in [0.05, 0.1) is 18.8 Å². The Morgan fingerprint density at radius 3 is 2.83 bits per heavy atom. The molecule has 0 radical (unpaired) electrons. The number of hydrogen-bond acceptors (Lipinski definition) is 2. The van der Waals surface area contributed by atoms with Crippen LogP contribution in [0.25, 0.3) is 0 Å². The van der Waals surface area contributed by atoms with E-state index in [0.29, 0.717) is 19.6 Å². The summed E-state index contributed by atoms with van der Waals surface area (Å²) < 4.78 is 42.9. The zero-order chi connectivity index (χ0) is 13.0. The van der Waals surface area contributed by atoms with Gasteiger partial charge in [-0.1, -0.05) is 18.2 Å². The van der Waals surface area contributed by atoms with Crippen LogP contribution in [0, 0.1) is 0 Å². The Kier molecular flexibility index (Phi) is 4.24. The Morgan fingerprint density at radius 1 is 1.33 bits per heavy atom. The number of halogens is 3. The first-order chi connectivity index (χ1) is 8.55. The second-order valence-electron chi connectivity index (χ2n) is 4.46. The maximum absolute atomic E-state index is 12.5. The molecule has 1 saturated heterocycles. The summed E-state index contributed by atoms with van der Waals surface area (Å²) in [4.78, 5) is 0. The van der Waals surface area contributed by atoms with Crippen LogP contribution >= 0.6 is 0 Å². The van der Waals surface area contributed by atoms with E-state index in [4.69, 9.17) is 4.74 Å². The molecule has 1 aromatic carbocycles. The van der Waals surface area contributed by atoms with E-state index in [9.17, 15) is 13.2 Å².